The molecule has 0 bridgehead atoms. The van der Waals surface area contributed by atoms with E-state index in [0.29, 0.717) is 11.5 Å². The topological polar surface area (TPSA) is 38.9 Å². The summed E-state index contributed by atoms with van der Waals surface area (Å²) in [5.74, 6) is 0.329. The molecule has 82 valence electrons. The Morgan fingerprint density at radius 1 is 1.33 bits per heavy atom. The van der Waals surface area contributed by atoms with Crippen molar-refractivity contribution in [1.82, 2.24) is 4.98 Å². The molecule has 1 saturated carbocycles. The first kappa shape index (κ1) is 10.4. The van der Waals surface area contributed by atoms with Crippen LogP contribution < -0.4 is 5.73 Å². The van der Waals surface area contributed by atoms with E-state index in [1.807, 2.05) is 0 Å². The highest BCUT2D eigenvalue weighted by Gasteiger charge is 2.34. The number of alkyl halides is 3. The predicted molar refractivity (Wildman–Crippen MR) is 48.9 cm³/mol. The van der Waals surface area contributed by atoms with E-state index in [0.717, 1.165) is 25.1 Å². The third kappa shape index (κ3) is 2.28. The van der Waals surface area contributed by atoms with Crippen LogP contribution in [0.3, 0.4) is 0 Å². The standard InChI is InChI=1S/C10H11F3N2/c11-10(12,13)8-3-7(4-15-5-8)9(14)6-1-2-6/h3-6,9H,1-2,14H2/t9-/m0/s1. The van der Waals surface area contributed by atoms with Gasteiger partial charge >= 0.3 is 6.18 Å². The summed E-state index contributed by atoms with van der Waals surface area (Å²) in [6, 6.07) is 0.787. The minimum absolute atomic E-state index is 0.306. The number of rotatable bonds is 2. The Morgan fingerprint density at radius 3 is 2.53 bits per heavy atom. The molecule has 0 radical (unpaired) electrons. The smallest absolute Gasteiger partial charge is 0.324 e. The van der Waals surface area contributed by atoms with E-state index in [2.05, 4.69) is 4.98 Å². The summed E-state index contributed by atoms with van der Waals surface area (Å²) in [5, 5.41) is 0. The van der Waals surface area contributed by atoms with Crippen LogP contribution in [0.5, 0.6) is 0 Å². The second-order valence-electron chi connectivity index (χ2n) is 3.87. The molecular formula is C10H11F3N2. The van der Waals surface area contributed by atoms with Crippen molar-refractivity contribution in [2.24, 2.45) is 11.7 Å². The molecule has 2 N–H and O–H groups in total. The number of nitrogens with two attached hydrogens (primary N) is 1. The molecule has 0 aliphatic heterocycles. The molecule has 5 heteroatoms. The van der Waals surface area contributed by atoms with Crippen molar-refractivity contribution in [2.45, 2.75) is 25.1 Å². The van der Waals surface area contributed by atoms with E-state index in [-0.39, 0.29) is 6.04 Å². The number of pyridine rings is 1. The van der Waals surface area contributed by atoms with Crippen LogP contribution in [0.2, 0.25) is 0 Å². The number of hydrogen-bond acceptors (Lipinski definition) is 2. The Hall–Kier alpha value is -1.10. The van der Waals surface area contributed by atoms with E-state index >= 15 is 0 Å². The summed E-state index contributed by atoms with van der Waals surface area (Å²) in [5.41, 5.74) is 5.56. The van der Waals surface area contributed by atoms with Gasteiger partial charge in [-0.3, -0.25) is 4.98 Å². The first-order valence-corrected chi connectivity index (χ1v) is 4.76. The fourth-order valence-corrected chi connectivity index (χ4v) is 1.52. The van der Waals surface area contributed by atoms with Crippen LogP contribution in [0.1, 0.15) is 30.0 Å². The van der Waals surface area contributed by atoms with Gasteiger partial charge in [-0.05, 0) is 30.4 Å². The molecule has 2 nitrogen and oxygen atoms in total. The third-order valence-electron chi connectivity index (χ3n) is 2.60. The Bertz CT molecular complexity index is 358. The van der Waals surface area contributed by atoms with Gasteiger partial charge in [0.2, 0.25) is 0 Å². The quantitative estimate of drug-likeness (QED) is 0.824. The molecule has 1 aliphatic rings. The van der Waals surface area contributed by atoms with Crippen molar-refractivity contribution in [3.63, 3.8) is 0 Å². The summed E-state index contributed by atoms with van der Waals surface area (Å²) in [6.07, 6.45) is -0.109. The van der Waals surface area contributed by atoms with Gasteiger partial charge in [0.05, 0.1) is 5.56 Å². The van der Waals surface area contributed by atoms with Crippen molar-refractivity contribution in [2.75, 3.05) is 0 Å². The van der Waals surface area contributed by atoms with Gasteiger partial charge in [-0.15, -0.1) is 0 Å². The lowest BCUT2D eigenvalue weighted by Gasteiger charge is -2.12. The first-order chi connectivity index (χ1) is 6.98. The molecule has 1 atom stereocenters. The second-order valence-corrected chi connectivity index (χ2v) is 3.87. The van der Waals surface area contributed by atoms with Crippen molar-refractivity contribution in [3.05, 3.63) is 29.6 Å². The molecule has 1 aromatic heterocycles. The minimum Gasteiger partial charge on any atom is -0.324 e. The highest BCUT2D eigenvalue weighted by Crippen LogP contribution is 2.40. The lowest BCUT2D eigenvalue weighted by atomic mass is 10.0. The summed E-state index contributed by atoms with van der Waals surface area (Å²) in [6.45, 7) is 0. The lowest BCUT2D eigenvalue weighted by Crippen LogP contribution is -2.14. The summed E-state index contributed by atoms with van der Waals surface area (Å²) in [4.78, 5) is 3.58. The van der Waals surface area contributed by atoms with Crippen LogP contribution in [0, 0.1) is 5.92 Å². The highest BCUT2D eigenvalue weighted by atomic mass is 19.4. The zero-order valence-corrected chi connectivity index (χ0v) is 7.96. The molecule has 0 aromatic carbocycles. The van der Waals surface area contributed by atoms with E-state index in [1.54, 1.807) is 0 Å². The van der Waals surface area contributed by atoms with Crippen molar-refractivity contribution in [3.8, 4) is 0 Å². The molecular weight excluding hydrogens is 205 g/mol. The Balaban J connectivity index is 2.25. The molecule has 1 heterocycles. The predicted octanol–water partition coefficient (Wildman–Crippen LogP) is 2.51. The summed E-state index contributed by atoms with van der Waals surface area (Å²) < 4.78 is 37.1. The van der Waals surface area contributed by atoms with Crippen molar-refractivity contribution < 1.29 is 13.2 Å². The molecule has 0 spiro atoms. The van der Waals surface area contributed by atoms with Crippen LogP contribution in [-0.4, -0.2) is 4.98 Å². The van der Waals surface area contributed by atoms with Gasteiger partial charge in [-0.2, -0.15) is 13.2 Å². The molecule has 0 amide bonds. The van der Waals surface area contributed by atoms with Gasteiger partial charge in [0, 0.05) is 18.4 Å². The SMILES string of the molecule is N[C@H](c1cncc(C(F)(F)F)c1)C1CC1. The molecule has 1 fully saturated rings. The van der Waals surface area contributed by atoms with Gasteiger partial charge in [-0.1, -0.05) is 0 Å². The summed E-state index contributed by atoms with van der Waals surface area (Å²) in [7, 11) is 0. The largest absolute Gasteiger partial charge is 0.417 e. The molecule has 2 rings (SSSR count). The normalized spacial score (nSPS) is 18.9. The van der Waals surface area contributed by atoms with Gasteiger partial charge in [0.1, 0.15) is 0 Å². The minimum atomic E-state index is -4.34. The molecule has 15 heavy (non-hydrogen) atoms. The third-order valence-corrected chi connectivity index (χ3v) is 2.60. The number of nitrogens with zero attached hydrogens (tertiary/aromatic N) is 1. The maximum absolute atomic E-state index is 12.4. The van der Waals surface area contributed by atoms with E-state index in [4.69, 9.17) is 5.73 Å². The van der Waals surface area contributed by atoms with Crippen LogP contribution in [0.15, 0.2) is 18.5 Å². The van der Waals surface area contributed by atoms with E-state index < -0.39 is 11.7 Å². The van der Waals surface area contributed by atoms with Crippen LogP contribution in [0.25, 0.3) is 0 Å². The number of halogens is 3. The van der Waals surface area contributed by atoms with Crippen LogP contribution in [0.4, 0.5) is 13.2 Å². The fourth-order valence-electron chi connectivity index (χ4n) is 1.52. The highest BCUT2D eigenvalue weighted by molar-refractivity contribution is 5.24. The van der Waals surface area contributed by atoms with Gasteiger partial charge in [0.15, 0.2) is 0 Å². The summed E-state index contributed by atoms with van der Waals surface area (Å²) >= 11 is 0. The van der Waals surface area contributed by atoms with Gasteiger partial charge in [-0.25, -0.2) is 0 Å². The fraction of sp³-hybridized carbons (Fsp3) is 0.500. The maximum atomic E-state index is 12.4. The lowest BCUT2D eigenvalue weighted by molar-refractivity contribution is -0.137. The average molecular weight is 216 g/mol. The van der Waals surface area contributed by atoms with Crippen LogP contribution in [-0.2, 0) is 6.18 Å². The Kier molecular flexibility index (Phi) is 2.42. The molecule has 1 aromatic rings. The van der Waals surface area contributed by atoms with Crippen molar-refractivity contribution >= 4 is 0 Å². The van der Waals surface area contributed by atoms with Gasteiger partial charge in [0.25, 0.3) is 0 Å². The van der Waals surface area contributed by atoms with E-state index in [9.17, 15) is 13.2 Å². The second kappa shape index (κ2) is 3.48. The maximum Gasteiger partial charge on any atom is 0.417 e. The number of aromatic nitrogens is 1. The first-order valence-electron chi connectivity index (χ1n) is 4.76. The monoisotopic (exact) mass is 216 g/mol. The number of hydrogen-bond donors (Lipinski definition) is 1. The molecule has 1 aliphatic carbocycles. The average Bonchev–Trinajstić information content (AvgIpc) is 2.99. The Labute approximate surface area is 85.3 Å². The van der Waals surface area contributed by atoms with Gasteiger partial charge < -0.3 is 5.73 Å². The Morgan fingerprint density at radius 2 is 2.00 bits per heavy atom. The zero-order valence-electron chi connectivity index (χ0n) is 7.96. The van der Waals surface area contributed by atoms with Crippen molar-refractivity contribution in [1.29, 1.82) is 0 Å². The molecule has 0 saturated heterocycles. The van der Waals surface area contributed by atoms with Crippen LogP contribution >= 0.6 is 0 Å². The van der Waals surface area contributed by atoms with E-state index in [1.165, 1.54) is 6.20 Å². The zero-order chi connectivity index (χ0) is 11.1. The molecule has 0 unspecified atom stereocenters.